The fraction of sp³-hybridized carbons (Fsp3) is 0.0588. The highest BCUT2D eigenvalue weighted by Crippen LogP contribution is 2.26. The second-order valence-corrected chi connectivity index (χ2v) is 5.86. The van der Waals surface area contributed by atoms with Crippen LogP contribution in [0, 0.1) is 0 Å². The van der Waals surface area contributed by atoms with Crippen molar-refractivity contribution in [2.45, 2.75) is 6.36 Å². The van der Waals surface area contributed by atoms with Crippen molar-refractivity contribution in [1.29, 1.82) is 0 Å². The van der Waals surface area contributed by atoms with Crippen molar-refractivity contribution >= 4 is 29.4 Å². The van der Waals surface area contributed by atoms with E-state index in [0.29, 0.717) is 5.69 Å². The van der Waals surface area contributed by atoms with Crippen LogP contribution in [0.4, 0.5) is 13.2 Å². The summed E-state index contributed by atoms with van der Waals surface area (Å²) in [5.74, 6) is -1.28. The van der Waals surface area contributed by atoms with E-state index in [1.54, 1.807) is 23.5 Å². The second kappa shape index (κ2) is 6.94. The van der Waals surface area contributed by atoms with Crippen LogP contribution < -0.4 is 4.74 Å². The number of thiophene rings is 1. The first-order chi connectivity index (χ1) is 11.9. The average Bonchev–Trinajstić information content (AvgIpc) is 3.23. The zero-order valence-electron chi connectivity index (χ0n) is 12.6. The molecule has 1 aromatic carbocycles. The van der Waals surface area contributed by atoms with Crippen LogP contribution in [0.15, 0.2) is 54.0 Å². The molecule has 0 bridgehead atoms. The Labute approximate surface area is 144 Å². The number of aromatic nitrogens is 2. The van der Waals surface area contributed by atoms with Crippen LogP contribution in [-0.2, 0) is 0 Å². The lowest BCUT2D eigenvalue weighted by molar-refractivity contribution is -0.274. The third-order valence-corrected chi connectivity index (χ3v) is 3.96. The van der Waals surface area contributed by atoms with E-state index in [-0.39, 0.29) is 5.56 Å². The maximum atomic E-state index is 12.5. The molecule has 0 unspecified atom stereocenters. The molecule has 0 radical (unpaired) electrons. The minimum absolute atomic E-state index is 0.225. The summed E-state index contributed by atoms with van der Waals surface area (Å²) in [7, 11) is 0. The van der Waals surface area contributed by atoms with Gasteiger partial charge < -0.3 is 4.74 Å². The van der Waals surface area contributed by atoms with Gasteiger partial charge in [-0.1, -0.05) is 18.2 Å². The molecule has 3 rings (SSSR count). The van der Waals surface area contributed by atoms with E-state index >= 15 is 0 Å². The number of nitrogens with zero attached hydrogens (tertiary/aromatic N) is 2. The molecule has 0 spiro atoms. The van der Waals surface area contributed by atoms with Crippen molar-refractivity contribution < 1.29 is 22.7 Å². The van der Waals surface area contributed by atoms with Crippen LogP contribution in [0.5, 0.6) is 5.75 Å². The first-order valence-corrected chi connectivity index (χ1v) is 7.97. The lowest BCUT2D eigenvalue weighted by Crippen LogP contribution is -2.21. The molecule has 0 fully saturated rings. The molecular formula is C17H11F3N2O2S. The largest absolute Gasteiger partial charge is 0.573 e. The van der Waals surface area contributed by atoms with Gasteiger partial charge in [-0.15, -0.1) is 24.5 Å². The number of carbonyl (C=O) groups excluding carboxylic acids is 1. The number of carbonyl (C=O) groups is 1. The van der Waals surface area contributed by atoms with Gasteiger partial charge in [0.2, 0.25) is 0 Å². The number of halogens is 3. The summed E-state index contributed by atoms with van der Waals surface area (Å²) in [6.07, 6.45) is 0.0617. The third-order valence-electron chi connectivity index (χ3n) is 3.12. The van der Waals surface area contributed by atoms with Crippen molar-refractivity contribution in [3.63, 3.8) is 0 Å². The van der Waals surface area contributed by atoms with Crippen molar-refractivity contribution in [3.05, 3.63) is 70.2 Å². The fourth-order valence-corrected chi connectivity index (χ4v) is 2.69. The van der Waals surface area contributed by atoms with Crippen molar-refractivity contribution in [2.75, 3.05) is 0 Å². The first kappa shape index (κ1) is 17.0. The summed E-state index contributed by atoms with van der Waals surface area (Å²) in [6, 6.07) is 10.6. The van der Waals surface area contributed by atoms with Crippen molar-refractivity contribution in [3.8, 4) is 5.75 Å². The highest BCUT2D eigenvalue weighted by molar-refractivity contribution is 7.10. The first-order valence-electron chi connectivity index (χ1n) is 7.09. The number of hydrogen-bond donors (Lipinski definition) is 0. The standard InChI is InChI=1S/C17H11F3N2O2S/c18-17(19,20)24-15-6-2-1-5-14(15)16(23)22-10-9-12(21-22)7-8-13-4-3-11-25-13/h1-11H/b8-7+. The van der Waals surface area contributed by atoms with Crippen molar-refractivity contribution in [2.24, 2.45) is 0 Å². The van der Waals surface area contributed by atoms with Crippen LogP contribution >= 0.6 is 11.3 Å². The zero-order chi connectivity index (χ0) is 17.9. The molecule has 0 atom stereocenters. The third kappa shape index (κ3) is 4.36. The van der Waals surface area contributed by atoms with E-state index in [0.717, 1.165) is 15.6 Å². The molecule has 25 heavy (non-hydrogen) atoms. The number of para-hydroxylation sites is 1. The predicted molar refractivity (Wildman–Crippen MR) is 88.3 cm³/mol. The molecule has 0 saturated carbocycles. The molecule has 0 aliphatic heterocycles. The van der Waals surface area contributed by atoms with Gasteiger partial charge in [-0.05, 0) is 41.8 Å². The van der Waals surface area contributed by atoms with E-state index in [9.17, 15) is 18.0 Å². The highest BCUT2D eigenvalue weighted by Gasteiger charge is 2.33. The van der Waals surface area contributed by atoms with E-state index in [2.05, 4.69) is 9.84 Å². The normalized spacial score (nSPS) is 11.8. The zero-order valence-corrected chi connectivity index (χ0v) is 13.4. The van der Waals surface area contributed by atoms with Crippen LogP contribution in [0.2, 0.25) is 0 Å². The summed E-state index contributed by atoms with van der Waals surface area (Å²) < 4.78 is 42.3. The molecule has 2 heterocycles. The Bertz CT molecular complexity index is 899. The van der Waals surface area contributed by atoms with Crippen LogP contribution in [0.3, 0.4) is 0 Å². The Balaban J connectivity index is 1.82. The number of rotatable bonds is 4. The molecule has 0 aliphatic rings. The maximum Gasteiger partial charge on any atom is 0.573 e. The molecule has 0 amide bonds. The van der Waals surface area contributed by atoms with Crippen molar-refractivity contribution in [1.82, 2.24) is 9.78 Å². The lowest BCUT2D eigenvalue weighted by atomic mass is 10.2. The number of alkyl halides is 3. The molecule has 8 heteroatoms. The van der Waals surface area contributed by atoms with E-state index < -0.39 is 18.0 Å². The Kier molecular flexibility index (Phi) is 4.71. The van der Waals surface area contributed by atoms with E-state index in [4.69, 9.17) is 0 Å². The minimum Gasteiger partial charge on any atom is -0.405 e. The molecule has 0 saturated heterocycles. The smallest absolute Gasteiger partial charge is 0.405 e. The van der Waals surface area contributed by atoms with E-state index in [1.807, 2.05) is 23.6 Å². The summed E-state index contributed by atoms with van der Waals surface area (Å²) in [5.41, 5.74) is 0.285. The van der Waals surface area contributed by atoms with Gasteiger partial charge in [0.05, 0.1) is 11.3 Å². The van der Waals surface area contributed by atoms with Gasteiger partial charge in [-0.25, -0.2) is 4.68 Å². The molecule has 0 N–H and O–H groups in total. The molecule has 128 valence electrons. The topological polar surface area (TPSA) is 44.1 Å². The van der Waals surface area contributed by atoms with Crippen LogP contribution in [-0.4, -0.2) is 22.1 Å². The molecular weight excluding hydrogens is 353 g/mol. The van der Waals surface area contributed by atoms with E-state index in [1.165, 1.54) is 24.4 Å². The van der Waals surface area contributed by atoms with Gasteiger partial charge in [-0.3, -0.25) is 4.79 Å². The number of hydrogen-bond acceptors (Lipinski definition) is 4. The van der Waals surface area contributed by atoms with Gasteiger partial charge in [0, 0.05) is 11.1 Å². The quantitative estimate of drug-likeness (QED) is 0.674. The monoisotopic (exact) mass is 364 g/mol. The Morgan fingerprint density at radius 3 is 2.64 bits per heavy atom. The average molecular weight is 364 g/mol. The lowest BCUT2D eigenvalue weighted by Gasteiger charge is -2.12. The Morgan fingerprint density at radius 1 is 1.12 bits per heavy atom. The van der Waals surface area contributed by atoms with Crippen LogP contribution in [0.1, 0.15) is 20.9 Å². The van der Waals surface area contributed by atoms with Gasteiger partial charge in [0.25, 0.3) is 5.91 Å². The summed E-state index contributed by atoms with van der Waals surface area (Å²) in [5, 5.41) is 6.00. The summed E-state index contributed by atoms with van der Waals surface area (Å²) >= 11 is 1.55. The SMILES string of the molecule is O=C(c1ccccc1OC(F)(F)F)n1ccc(/C=C/c2cccs2)n1. The summed E-state index contributed by atoms with van der Waals surface area (Å²) in [6.45, 7) is 0. The van der Waals surface area contributed by atoms with Gasteiger partial charge >= 0.3 is 6.36 Å². The number of benzene rings is 1. The number of ether oxygens (including phenoxy) is 1. The Hall–Kier alpha value is -2.87. The fourth-order valence-electron chi connectivity index (χ4n) is 2.07. The highest BCUT2D eigenvalue weighted by atomic mass is 32.1. The second-order valence-electron chi connectivity index (χ2n) is 4.88. The molecule has 3 aromatic rings. The minimum atomic E-state index is -4.88. The maximum absolute atomic E-state index is 12.5. The molecule has 4 nitrogen and oxygen atoms in total. The Morgan fingerprint density at radius 2 is 1.92 bits per heavy atom. The predicted octanol–water partition coefficient (Wildman–Crippen LogP) is 4.70. The van der Waals surface area contributed by atoms with Gasteiger partial charge in [-0.2, -0.15) is 5.10 Å². The molecule has 0 aliphatic carbocycles. The summed E-state index contributed by atoms with van der Waals surface area (Å²) in [4.78, 5) is 13.4. The molecule has 2 aromatic heterocycles. The van der Waals surface area contributed by atoms with Crippen LogP contribution in [0.25, 0.3) is 12.2 Å². The van der Waals surface area contributed by atoms with Gasteiger partial charge in [0.15, 0.2) is 0 Å². The van der Waals surface area contributed by atoms with Gasteiger partial charge in [0.1, 0.15) is 5.75 Å².